The van der Waals surface area contributed by atoms with Gasteiger partial charge in [0, 0.05) is 16.8 Å². The van der Waals surface area contributed by atoms with Gasteiger partial charge in [-0.1, -0.05) is 29.8 Å². The van der Waals surface area contributed by atoms with Crippen LogP contribution in [0.25, 0.3) is 0 Å². The molecule has 0 unspecified atom stereocenters. The fourth-order valence-electron chi connectivity index (χ4n) is 2.37. The molecule has 0 aliphatic rings. The summed E-state index contributed by atoms with van der Waals surface area (Å²) >= 11 is 0. The van der Waals surface area contributed by atoms with E-state index in [1.807, 2.05) is 0 Å². The fourth-order valence-corrected chi connectivity index (χ4v) is 2.37. The number of rotatable bonds is 4. The summed E-state index contributed by atoms with van der Waals surface area (Å²) in [5.74, 6) is 0. The number of aryl methyl sites for hydroxylation is 1. The quantitative estimate of drug-likeness (QED) is 0.694. The van der Waals surface area contributed by atoms with Crippen LogP contribution in [0.15, 0.2) is 42.6 Å². The Morgan fingerprint density at radius 3 is 2.24 bits per heavy atom. The molecule has 7 heteroatoms. The molecule has 0 saturated carbocycles. The normalized spacial score (nSPS) is 14.7. The van der Waals surface area contributed by atoms with E-state index in [9.17, 15) is 23.3 Å². The van der Waals surface area contributed by atoms with E-state index in [1.54, 1.807) is 6.92 Å². The lowest BCUT2D eigenvalue weighted by Crippen LogP contribution is -2.49. The molecule has 1 heterocycles. The summed E-state index contributed by atoms with van der Waals surface area (Å²) < 4.78 is 41.3. The van der Waals surface area contributed by atoms with Crippen molar-refractivity contribution in [3.05, 3.63) is 69.5 Å². The second-order valence-corrected chi connectivity index (χ2v) is 4.84. The molecule has 1 aromatic heterocycles. The highest BCUT2D eigenvalue weighted by molar-refractivity contribution is 5.40. The Bertz CT molecular complexity index is 621. The Kier molecular flexibility index (Phi) is 3.76. The molecule has 112 valence electrons. The highest BCUT2D eigenvalue weighted by Gasteiger charge is 2.61. The van der Waals surface area contributed by atoms with E-state index in [1.165, 1.54) is 42.6 Å². The minimum Gasteiger partial charge on any atom is -0.364 e. The number of alkyl halides is 3. The van der Waals surface area contributed by atoms with Crippen LogP contribution in [0, 0.1) is 17.0 Å². The average molecular weight is 298 g/mol. The van der Waals surface area contributed by atoms with Gasteiger partial charge in [-0.15, -0.1) is 0 Å². The van der Waals surface area contributed by atoms with Crippen molar-refractivity contribution in [1.82, 2.24) is 4.98 Å². The number of aromatic nitrogens is 1. The maximum atomic E-state index is 13.8. The first-order valence-electron chi connectivity index (χ1n) is 6.17. The SMILES string of the molecule is Cc1ccc([C@@](C[N+](=O)[O-])(c2ccc[nH]2)C(F)(F)F)cc1. The van der Waals surface area contributed by atoms with Crippen molar-refractivity contribution >= 4 is 0 Å². The van der Waals surface area contributed by atoms with E-state index >= 15 is 0 Å². The Hall–Kier alpha value is -2.31. The minimum atomic E-state index is -4.81. The lowest BCUT2D eigenvalue weighted by atomic mass is 9.76. The van der Waals surface area contributed by atoms with Crippen molar-refractivity contribution in [2.75, 3.05) is 6.54 Å². The molecule has 21 heavy (non-hydrogen) atoms. The molecular weight excluding hydrogens is 285 g/mol. The van der Waals surface area contributed by atoms with Crippen LogP contribution < -0.4 is 0 Å². The molecule has 1 N–H and O–H groups in total. The first kappa shape index (κ1) is 15.1. The molecule has 0 amide bonds. The van der Waals surface area contributed by atoms with E-state index < -0.39 is 23.1 Å². The van der Waals surface area contributed by atoms with Crippen molar-refractivity contribution in [1.29, 1.82) is 0 Å². The van der Waals surface area contributed by atoms with Crippen LogP contribution >= 0.6 is 0 Å². The van der Waals surface area contributed by atoms with Crippen LogP contribution in [0.4, 0.5) is 13.2 Å². The minimum absolute atomic E-state index is 0.153. The largest absolute Gasteiger partial charge is 0.410 e. The summed E-state index contributed by atoms with van der Waals surface area (Å²) in [5, 5.41) is 10.9. The zero-order valence-corrected chi connectivity index (χ0v) is 11.1. The number of aromatic amines is 1. The van der Waals surface area contributed by atoms with Gasteiger partial charge in [0.25, 0.3) is 0 Å². The molecule has 0 spiro atoms. The third-order valence-corrected chi connectivity index (χ3v) is 3.45. The van der Waals surface area contributed by atoms with E-state index in [-0.39, 0.29) is 11.3 Å². The molecule has 0 fully saturated rings. The molecule has 4 nitrogen and oxygen atoms in total. The number of hydrogen-bond donors (Lipinski definition) is 1. The topological polar surface area (TPSA) is 58.9 Å². The lowest BCUT2D eigenvalue weighted by molar-refractivity contribution is -0.498. The number of benzene rings is 1. The molecule has 1 aromatic carbocycles. The molecule has 2 aromatic rings. The summed E-state index contributed by atoms with van der Waals surface area (Å²) in [6.07, 6.45) is -3.48. The van der Waals surface area contributed by atoms with Gasteiger partial charge in [0.2, 0.25) is 6.54 Å². The molecule has 1 atom stereocenters. The molecule has 0 aliphatic heterocycles. The van der Waals surface area contributed by atoms with Crippen molar-refractivity contribution in [3.8, 4) is 0 Å². The van der Waals surface area contributed by atoms with E-state index in [2.05, 4.69) is 4.98 Å². The van der Waals surface area contributed by atoms with Gasteiger partial charge in [-0.2, -0.15) is 13.2 Å². The zero-order valence-electron chi connectivity index (χ0n) is 11.1. The van der Waals surface area contributed by atoms with Crippen LogP contribution in [0.5, 0.6) is 0 Å². The molecule has 2 rings (SSSR count). The second-order valence-electron chi connectivity index (χ2n) is 4.84. The van der Waals surface area contributed by atoms with Gasteiger partial charge >= 0.3 is 6.18 Å². The van der Waals surface area contributed by atoms with Crippen LogP contribution in [0.1, 0.15) is 16.8 Å². The smallest absolute Gasteiger partial charge is 0.364 e. The Labute approximate surface area is 118 Å². The first-order chi connectivity index (χ1) is 9.77. The highest BCUT2D eigenvalue weighted by Crippen LogP contribution is 2.46. The Morgan fingerprint density at radius 2 is 1.81 bits per heavy atom. The highest BCUT2D eigenvalue weighted by atomic mass is 19.4. The van der Waals surface area contributed by atoms with E-state index in [4.69, 9.17) is 0 Å². The van der Waals surface area contributed by atoms with Crippen molar-refractivity contribution in [2.45, 2.75) is 18.5 Å². The van der Waals surface area contributed by atoms with Crippen molar-refractivity contribution in [3.63, 3.8) is 0 Å². The fraction of sp³-hybridized carbons (Fsp3) is 0.286. The summed E-state index contributed by atoms with van der Waals surface area (Å²) in [6.45, 7) is 0.473. The summed E-state index contributed by atoms with van der Waals surface area (Å²) in [6, 6.07) is 8.21. The molecule has 0 radical (unpaired) electrons. The van der Waals surface area contributed by atoms with Gasteiger partial charge in [0.05, 0.1) is 0 Å². The zero-order chi connectivity index (χ0) is 15.7. The molecular formula is C14H13F3N2O2. The van der Waals surface area contributed by atoms with Gasteiger partial charge in [-0.05, 0) is 24.6 Å². The molecule has 0 bridgehead atoms. The predicted molar refractivity (Wildman–Crippen MR) is 70.7 cm³/mol. The van der Waals surface area contributed by atoms with Crippen LogP contribution in [0.2, 0.25) is 0 Å². The third-order valence-electron chi connectivity index (χ3n) is 3.45. The maximum Gasteiger partial charge on any atom is 0.410 e. The standard InChI is InChI=1S/C14H13F3N2O2/c1-10-4-6-11(7-5-10)13(9-19(20)21,14(15,16)17)12-3-2-8-18-12/h2-8,18H,9H2,1H3/t13-/m0/s1. The van der Waals surface area contributed by atoms with Gasteiger partial charge in [-0.25, -0.2) is 0 Å². The number of nitro groups is 1. The van der Waals surface area contributed by atoms with E-state index in [0.29, 0.717) is 0 Å². The maximum absolute atomic E-state index is 13.8. The Morgan fingerprint density at radius 1 is 1.19 bits per heavy atom. The number of nitrogens with zero attached hydrogens (tertiary/aromatic N) is 1. The summed E-state index contributed by atoms with van der Waals surface area (Å²) in [7, 11) is 0. The van der Waals surface area contributed by atoms with Gasteiger partial charge in [-0.3, -0.25) is 10.1 Å². The molecule has 0 saturated heterocycles. The summed E-state index contributed by atoms with van der Waals surface area (Å²) in [5.41, 5.74) is -2.30. The van der Waals surface area contributed by atoms with Crippen LogP contribution in [-0.2, 0) is 5.41 Å². The van der Waals surface area contributed by atoms with Gasteiger partial charge in [0.15, 0.2) is 5.41 Å². The van der Waals surface area contributed by atoms with Gasteiger partial charge in [0.1, 0.15) is 0 Å². The second kappa shape index (κ2) is 5.23. The Balaban J connectivity index is 2.72. The lowest BCUT2D eigenvalue weighted by Gasteiger charge is -2.32. The average Bonchev–Trinajstić information content (AvgIpc) is 2.89. The van der Waals surface area contributed by atoms with Crippen LogP contribution in [0.3, 0.4) is 0 Å². The van der Waals surface area contributed by atoms with Gasteiger partial charge < -0.3 is 4.98 Å². The van der Waals surface area contributed by atoms with Crippen molar-refractivity contribution in [2.24, 2.45) is 0 Å². The van der Waals surface area contributed by atoms with E-state index in [0.717, 1.165) is 5.56 Å². The summed E-state index contributed by atoms with van der Waals surface area (Å²) in [4.78, 5) is 12.4. The number of halogens is 3. The third kappa shape index (κ3) is 2.63. The number of hydrogen-bond acceptors (Lipinski definition) is 2. The molecule has 0 aliphatic carbocycles. The van der Waals surface area contributed by atoms with Crippen molar-refractivity contribution < 1.29 is 18.1 Å². The van der Waals surface area contributed by atoms with Crippen LogP contribution in [-0.4, -0.2) is 22.6 Å². The number of nitrogens with one attached hydrogen (secondary N) is 1. The first-order valence-corrected chi connectivity index (χ1v) is 6.17. The predicted octanol–water partition coefficient (Wildman–Crippen LogP) is 3.45. The monoisotopic (exact) mass is 298 g/mol. The number of H-pyrrole nitrogens is 1.